The number of rotatable bonds is 7. The average molecular weight is 587 g/mol. The van der Waals surface area contributed by atoms with Crippen LogP contribution in [0.4, 0.5) is 0 Å². The Bertz CT molecular complexity index is 1600. The first-order valence-electron chi connectivity index (χ1n) is 11.1. The summed E-state index contributed by atoms with van der Waals surface area (Å²) in [6, 6.07) is 8.77. The van der Waals surface area contributed by atoms with Crippen molar-refractivity contribution in [1.82, 2.24) is 4.57 Å². The Morgan fingerprint density at radius 1 is 1.16 bits per heavy atom. The standard InChI is InChI=1S/C26H23BrN2O7S/c1-5-36-25(33)21-13(2)28-26-29(22(21)16-11-18(34-3)19(35-4)12-17(16)27)23(30)20(37-26)10-14-6-8-15(9-7-14)24(31)32/h6-12,22H,5H2,1-4H3,(H,31,32)/b20-10-/t22-/m1/s1. The number of aromatic carboxylic acids is 1. The van der Waals surface area contributed by atoms with Gasteiger partial charge in [0, 0.05) is 4.47 Å². The molecule has 3 aromatic rings. The van der Waals surface area contributed by atoms with Crippen molar-refractivity contribution < 1.29 is 28.9 Å². The number of fused-ring (bicyclic) bond motifs is 1. The van der Waals surface area contributed by atoms with E-state index in [0.717, 1.165) is 0 Å². The molecule has 0 radical (unpaired) electrons. The topological polar surface area (TPSA) is 116 Å². The molecule has 0 saturated heterocycles. The highest BCUT2D eigenvalue weighted by Gasteiger charge is 2.35. The lowest BCUT2D eigenvalue weighted by Crippen LogP contribution is -2.40. The van der Waals surface area contributed by atoms with E-state index in [1.165, 1.54) is 42.3 Å². The van der Waals surface area contributed by atoms with Crippen LogP contribution < -0.4 is 24.4 Å². The summed E-state index contributed by atoms with van der Waals surface area (Å²) in [6.45, 7) is 3.57. The van der Waals surface area contributed by atoms with Crippen LogP contribution in [0.1, 0.15) is 41.4 Å². The van der Waals surface area contributed by atoms with Crippen molar-refractivity contribution in [2.24, 2.45) is 4.99 Å². The molecule has 1 atom stereocenters. The van der Waals surface area contributed by atoms with Crippen molar-refractivity contribution in [2.75, 3.05) is 20.8 Å². The molecule has 0 amide bonds. The van der Waals surface area contributed by atoms with E-state index >= 15 is 0 Å². The normalized spacial score (nSPS) is 15.2. The van der Waals surface area contributed by atoms with Gasteiger partial charge in [-0.05, 0) is 55.3 Å². The number of carboxylic acid groups (broad SMARTS) is 1. The van der Waals surface area contributed by atoms with Crippen LogP contribution in [0.25, 0.3) is 6.08 Å². The number of thiazole rings is 1. The Morgan fingerprint density at radius 3 is 2.41 bits per heavy atom. The van der Waals surface area contributed by atoms with Gasteiger partial charge in [-0.2, -0.15) is 0 Å². The van der Waals surface area contributed by atoms with Gasteiger partial charge in [0.05, 0.1) is 48.2 Å². The Hall–Kier alpha value is -3.70. The molecule has 37 heavy (non-hydrogen) atoms. The number of hydrogen-bond acceptors (Lipinski definition) is 8. The molecule has 0 fully saturated rings. The number of carboxylic acids is 1. The van der Waals surface area contributed by atoms with Crippen LogP contribution >= 0.6 is 27.3 Å². The second kappa shape index (κ2) is 10.7. The fourth-order valence-corrected chi connectivity index (χ4v) is 5.62. The first kappa shape index (κ1) is 26.4. The van der Waals surface area contributed by atoms with Gasteiger partial charge in [-0.25, -0.2) is 14.6 Å². The van der Waals surface area contributed by atoms with Crippen LogP contribution in [0.5, 0.6) is 11.5 Å². The first-order chi connectivity index (χ1) is 17.7. The quantitative estimate of drug-likeness (QED) is 0.422. The molecule has 1 aliphatic heterocycles. The second-order valence-electron chi connectivity index (χ2n) is 7.96. The van der Waals surface area contributed by atoms with Gasteiger partial charge in [0.2, 0.25) is 0 Å². The summed E-state index contributed by atoms with van der Waals surface area (Å²) in [5.74, 6) is -0.699. The number of ether oxygens (including phenoxy) is 3. The predicted octanol–water partition coefficient (Wildman–Crippen LogP) is 3.28. The highest BCUT2D eigenvalue weighted by atomic mass is 79.9. The number of hydrogen-bond donors (Lipinski definition) is 1. The Kier molecular flexibility index (Phi) is 7.65. The van der Waals surface area contributed by atoms with E-state index in [-0.39, 0.29) is 23.3 Å². The van der Waals surface area contributed by atoms with Crippen LogP contribution in [0.2, 0.25) is 0 Å². The number of aromatic nitrogens is 1. The largest absolute Gasteiger partial charge is 0.493 e. The molecule has 192 valence electrons. The van der Waals surface area contributed by atoms with Gasteiger partial charge in [-0.15, -0.1) is 0 Å². The number of carbonyl (C=O) groups is 2. The van der Waals surface area contributed by atoms with Gasteiger partial charge in [-0.3, -0.25) is 9.36 Å². The fourth-order valence-electron chi connectivity index (χ4n) is 4.04. The number of methoxy groups -OCH3 is 2. The van der Waals surface area contributed by atoms with E-state index in [4.69, 9.17) is 19.3 Å². The number of benzene rings is 2. The summed E-state index contributed by atoms with van der Waals surface area (Å²) in [5.41, 5.74) is 1.70. The van der Waals surface area contributed by atoms with E-state index in [1.54, 1.807) is 44.2 Å². The van der Waals surface area contributed by atoms with Crippen LogP contribution in [-0.2, 0) is 9.53 Å². The smallest absolute Gasteiger partial charge is 0.338 e. The molecule has 0 unspecified atom stereocenters. The maximum absolute atomic E-state index is 13.7. The van der Waals surface area contributed by atoms with Crippen molar-refractivity contribution in [3.05, 3.63) is 88.5 Å². The third-order valence-electron chi connectivity index (χ3n) is 5.77. The number of nitrogens with zero attached hydrogens (tertiary/aromatic N) is 2. The lowest BCUT2D eigenvalue weighted by atomic mass is 9.95. The molecule has 9 nitrogen and oxygen atoms in total. The summed E-state index contributed by atoms with van der Waals surface area (Å²) in [4.78, 5) is 43.0. The Balaban J connectivity index is 1.97. The lowest BCUT2D eigenvalue weighted by Gasteiger charge is -2.26. The lowest BCUT2D eigenvalue weighted by molar-refractivity contribution is -0.139. The average Bonchev–Trinajstić information content (AvgIpc) is 3.17. The molecule has 1 N–H and O–H groups in total. The number of halogens is 1. The molecule has 2 aromatic carbocycles. The maximum atomic E-state index is 13.7. The minimum Gasteiger partial charge on any atom is -0.493 e. The summed E-state index contributed by atoms with van der Waals surface area (Å²) in [5, 5.41) is 9.15. The Labute approximate surface area is 224 Å². The van der Waals surface area contributed by atoms with Crippen molar-refractivity contribution in [2.45, 2.75) is 19.9 Å². The third-order valence-corrected chi connectivity index (χ3v) is 7.44. The molecule has 0 saturated carbocycles. The van der Waals surface area contributed by atoms with E-state index in [2.05, 4.69) is 20.9 Å². The van der Waals surface area contributed by atoms with Gasteiger partial charge in [0.25, 0.3) is 5.56 Å². The molecule has 0 aliphatic carbocycles. The first-order valence-corrected chi connectivity index (χ1v) is 12.8. The van der Waals surface area contributed by atoms with Crippen molar-refractivity contribution >= 4 is 45.3 Å². The molecule has 0 bridgehead atoms. The molecule has 2 heterocycles. The van der Waals surface area contributed by atoms with Gasteiger partial charge < -0.3 is 19.3 Å². The third kappa shape index (κ3) is 4.96. The molecule has 1 aromatic heterocycles. The van der Waals surface area contributed by atoms with Gasteiger partial charge in [-0.1, -0.05) is 39.4 Å². The zero-order chi connectivity index (χ0) is 26.9. The molecule has 4 rings (SSSR count). The number of allylic oxidation sites excluding steroid dienone is 1. The van der Waals surface area contributed by atoms with Gasteiger partial charge >= 0.3 is 11.9 Å². The number of carbonyl (C=O) groups excluding carboxylic acids is 1. The zero-order valence-electron chi connectivity index (χ0n) is 20.4. The van der Waals surface area contributed by atoms with E-state index in [9.17, 15) is 14.4 Å². The van der Waals surface area contributed by atoms with Crippen molar-refractivity contribution in [3.63, 3.8) is 0 Å². The van der Waals surface area contributed by atoms with E-state index < -0.39 is 18.0 Å². The molecule has 1 aliphatic rings. The summed E-state index contributed by atoms with van der Waals surface area (Å²) in [6.07, 6.45) is 1.67. The van der Waals surface area contributed by atoms with E-state index in [0.29, 0.717) is 42.1 Å². The van der Waals surface area contributed by atoms with Gasteiger partial charge in [0.1, 0.15) is 0 Å². The second-order valence-corrected chi connectivity index (χ2v) is 9.82. The van der Waals surface area contributed by atoms with Crippen LogP contribution in [-0.4, -0.2) is 42.4 Å². The molecule has 11 heteroatoms. The highest BCUT2D eigenvalue weighted by molar-refractivity contribution is 9.10. The zero-order valence-corrected chi connectivity index (χ0v) is 22.8. The van der Waals surface area contributed by atoms with Crippen molar-refractivity contribution in [3.8, 4) is 11.5 Å². The maximum Gasteiger partial charge on any atom is 0.338 e. The van der Waals surface area contributed by atoms with Crippen molar-refractivity contribution in [1.29, 1.82) is 0 Å². The molecular formula is C26H23BrN2O7S. The SMILES string of the molecule is CCOC(=O)C1=C(C)N=c2s/c(=C\c3ccc(C(=O)O)cc3)c(=O)n2[C@@H]1c1cc(OC)c(OC)cc1Br. The molecule has 0 spiro atoms. The minimum atomic E-state index is -1.03. The summed E-state index contributed by atoms with van der Waals surface area (Å²) < 4.78 is 18.7. The predicted molar refractivity (Wildman–Crippen MR) is 141 cm³/mol. The highest BCUT2D eigenvalue weighted by Crippen LogP contribution is 2.40. The van der Waals surface area contributed by atoms with E-state index in [1.807, 2.05) is 0 Å². The van der Waals surface area contributed by atoms with Gasteiger partial charge in [0.15, 0.2) is 16.3 Å². The van der Waals surface area contributed by atoms with Crippen LogP contribution in [0.15, 0.2) is 61.9 Å². The monoisotopic (exact) mass is 586 g/mol. The van der Waals surface area contributed by atoms with Crippen LogP contribution in [0, 0.1) is 0 Å². The van der Waals surface area contributed by atoms with Crippen LogP contribution in [0.3, 0.4) is 0 Å². The summed E-state index contributed by atoms with van der Waals surface area (Å²) >= 11 is 4.74. The number of esters is 1. The molecular weight excluding hydrogens is 564 g/mol. The fraction of sp³-hybridized carbons (Fsp3) is 0.231. The summed E-state index contributed by atoms with van der Waals surface area (Å²) in [7, 11) is 3.02. The minimum absolute atomic E-state index is 0.145. The Morgan fingerprint density at radius 2 is 1.81 bits per heavy atom.